The number of hydrogen-bond donors (Lipinski definition) is 1. The Balaban J connectivity index is 1.73. The van der Waals surface area contributed by atoms with Crippen molar-refractivity contribution in [1.82, 2.24) is 20.0 Å². The monoisotopic (exact) mass is 373 g/mol. The smallest absolute Gasteiger partial charge is 0.324 e. The molecule has 1 aromatic carbocycles. The van der Waals surface area contributed by atoms with Crippen LogP contribution in [-0.2, 0) is 10.2 Å². The van der Waals surface area contributed by atoms with E-state index < -0.39 is 6.04 Å². The summed E-state index contributed by atoms with van der Waals surface area (Å²) in [7, 11) is 1.75. The first-order chi connectivity index (χ1) is 12.3. The molecule has 2 heterocycles. The minimum absolute atomic E-state index is 0.0606. The number of likely N-dealkylation sites (N-methyl/N-ethyl adjacent to an activating group) is 1. The number of hydrogen-bond acceptors (Lipinski definition) is 5. The van der Waals surface area contributed by atoms with E-state index in [1.165, 1.54) is 16.2 Å². The van der Waals surface area contributed by atoms with Gasteiger partial charge in [-0.25, -0.2) is 4.79 Å². The van der Waals surface area contributed by atoms with E-state index in [-0.39, 0.29) is 17.4 Å². The largest absolute Gasteiger partial charge is 0.342 e. The van der Waals surface area contributed by atoms with Gasteiger partial charge in [0, 0.05) is 25.6 Å². The molecule has 138 valence electrons. The molecule has 1 unspecified atom stereocenters. The van der Waals surface area contributed by atoms with Gasteiger partial charge in [-0.3, -0.25) is 10.1 Å². The van der Waals surface area contributed by atoms with Gasteiger partial charge in [-0.05, 0) is 26.3 Å². The van der Waals surface area contributed by atoms with Gasteiger partial charge in [0.2, 0.25) is 11.0 Å². The van der Waals surface area contributed by atoms with E-state index in [0.717, 1.165) is 10.6 Å². The van der Waals surface area contributed by atoms with Crippen LogP contribution in [0.25, 0.3) is 0 Å². The Morgan fingerprint density at radius 3 is 2.62 bits per heavy atom. The second-order valence-corrected chi connectivity index (χ2v) is 7.94. The number of rotatable bonds is 3. The van der Waals surface area contributed by atoms with E-state index >= 15 is 0 Å². The lowest BCUT2D eigenvalue weighted by atomic mass is 9.85. The van der Waals surface area contributed by atoms with Crippen molar-refractivity contribution in [1.29, 1.82) is 0 Å². The molecule has 3 rings (SSSR count). The number of amides is 3. The molecule has 0 aliphatic carbocycles. The van der Waals surface area contributed by atoms with E-state index in [4.69, 9.17) is 0 Å². The summed E-state index contributed by atoms with van der Waals surface area (Å²) in [5.74, 6) is -0.0606. The molecule has 1 N–H and O–H groups in total. The van der Waals surface area contributed by atoms with Gasteiger partial charge in [-0.2, -0.15) is 0 Å². The number of piperazine rings is 1. The van der Waals surface area contributed by atoms with Crippen molar-refractivity contribution in [2.45, 2.75) is 32.2 Å². The van der Waals surface area contributed by atoms with Crippen LogP contribution in [0.1, 0.15) is 31.3 Å². The highest BCUT2D eigenvalue weighted by atomic mass is 32.1. The van der Waals surface area contributed by atoms with E-state index in [0.29, 0.717) is 18.2 Å². The SMILES string of the molecule is CC1C(=O)N(C)CCN1C(=O)Nc1nnc(C(C)(C)c2ccccc2)s1. The summed E-state index contributed by atoms with van der Waals surface area (Å²) in [6, 6.07) is 9.26. The molecular formula is C18H23N5O2S. The molecule has 2 aromatic rings. The molecule has 1 aliphatic heterocycles. The molecular weight excluding hydrogens is 350 g/mol. The average Bonchev–Trinajstić information content (AvgIpc) is 3.09. The highest BCUT2D eigenvalue weighted by Gasteiger charge is 2.33. The summed E-state index contributed by atoms with van der Waals surface area (Å²) in [6.45, 7) is 6.92. The molecule has 1 aromatic heterocycles. The highest BCUT2D eigenvalue weighted by molar-refractivity contribution is 7.15. The second-order valence-electron chi connectivity index (χ2n) is 6.96. The summed E-state index contributed by atoms with van der Waals surface area (Å²) in [4.78, 5) is 27.8. The van der Waals surface area contributed by atoms with Gasteiger partial charge < -0.3 is 9.80 Å². The first kappa shape index (κ1) is 18.3. The molecule has 0 spiro atoms. The molecule has 1 aliphatic rings. The maximum Gasteiger partial charge on any atom is 0.324 e. The third-order valence-corrected chi connectivity index (χ3v) is 5.97. The topological polar surface area (TPSA) is 78.4 Å². The maximum atomic E-state index is 12.5. The highest BCUT2D eigenvalue weighted by Crippen LogP contribution is 2.34. The standard InChI is InChI=1S/C18H23N5O2S/c1-12-14(24)22(4)10-11-23(12)17(25)19-16-21-20-15(26-16)18(2,3)13-8-6-5-7-9-13/h5-9,12H,10-11H2,1-4H3,(H,19,21,25). The van der Waals surface area contributed by atoms with Crippen molar-refractivity contribution in [2.24, 2.45) is 0 Å². The minimum Gasteiger partial charge on any atom is -0.342 e. The van der Waals surface area contributed by atoms with Crippen molar-refractivity contribution in [3.63, 3.8) is 0 Å². The van der Waals surface area contributed by atoms with Gasteiger partial charge in [-0.1, -0.05) is 41.7 Å². The van der Waals surface area contributed by atoms with Crippen LogP contribution in [0.3, 0.4) is 0 Å². The number of anilines is 1. The molecule has 0 saturated carbocycles. The summed E-state index contributed by atoms with van der Waals surface area (Å²) in [6.07, 6.45) is 0. The first-order valence-electron chi connectivity index (χ1n) is 8.53. The Hall–Kier alpha value is -2.48. The van der Waals surface area contributed by atoms with Crippen molar-refractivity contribution < 1.29 is 9.59 Å². The predicted octanol–water partition coefficient (Wildman–Crippen LogP) is 2.56. The third-order valence-electron chi connectivity index (χ3n) is 4.81. The lowest BCUT2D eigenvalue weighted by Gasteiger charge is -2.36. The number of urea groups is 1. The Labute approximate surface area is 157 Å². The van der Waals surface area contributed by atoms with Crippen LogP contribution in [0, 0.1) is 0 Å². The average molecular weight is 373 g/mol. The van der Waals surface area contributed by atoms with Crippen LogP contribution in [0.2, 0.25) is 0 Å². The normalized spacial score (nSPS) is 18.2. The number of benzene rings is 1. The van der Waals surface area contributed by atoms with E-state index in [9.17, 15) is 9.59 Å². The lowest BCUT2D eigenvalue weighted by molar-refractivity contribution is -0.137. The van der Waals surface area contributed by atoms with Crippen LogP contribution in [-0.4, -0.2) is 58.1 Å². The van der Waals surface area contributed by atoms with Crippen LogP contribution in [0.15, 0.2) is 30.3 Å². The minimum atomic E-state index is -0.484. The number of aromatic nitrogens is 2. The fourth-order valence-electron chi connectivity index (χ4n) is 2.96. The van der Waals surface area contributed by atoms with Crippen LogP contribution in [0.5, 0.6) is 0 Å². The molecule has 8 heteroatoms. The summed E-state index contributed by atoms with van der Waals surface area (Å²) in [5.41, 5.74) is 0.825. The zero-order valence-electron chi connectivity index (χ0n) is 15.4. The van der Waals surface area contributed by atoms with Crippen molar-refractivity contribution >= 4 is 28.4 Å². The Kier molecular flexibility index (Phi) is 4.95. The Morgan fingerprint density at radius 2 is 1.92 bits per heavy atom. The number of nitrogens with zero attached hydrogens (tertiary/aromatic N) is 4. The van der Waals surface area contributed by atoms with Crippen LogP contribution in [0.4, 0.5) is 9.93 Å². The molecule has 26 heavy (non-hydrogen) atoms. The second kappa shape index (κ2) is 7.03. The first-order valence-corrected chi connectivity index (χ1v) is 9.34. The fraction of sp³-hybridized carbons (Fsp3) is 0.444. The van der Waals surface area contributed by atoms with Crippen molar-refractivity contribution in [3.05, 3.63) is 40.9 Å². The van der Waals surface area contributed by atoms with E-state index in [2.05, 4.69) is 41.5 Å². The van der Waals surface area contributed by atoms with E-state index in [1.54, 1.807) is 18.9 Å². The summed E-state index contributed by atoms with van der Waals surface area (Å²) < 4.78 is 0. The third kappa shape index (κ3) is 3.41. The number of nitrogens with one attached hydrogen (secondary N) is 1. The van der Waals surface area contributed by atoms with Gasteiger partial charge >= 0.3 is 6.03 Å². The molecule has 7 nitrogen and oxygen atoms in total. The van der Waals surface area contributed by atoms with Crippen molar-refractivity contribution in [2.75, 3.05) is 25.5 Å². The predicted molar refractivity (Wildman–Crippen MR) is 101 cm³/mol. The molecule has 1 fully saturated rings. The quantitative estimate of drug-likeness (QED) is 0.897. The van der Waals surface area contributed by atoms with Gasteiger partial charge in [-0.15, -0.1) is 10.2 Å². The van der Waals surface area contributed by atoms with Gasteiger partial charge in [0.25, 0.3) is 0 Å². The van der Waals surface area contributed by atoms with Crippen LogP contribution >= 0.6 is 11.3 Å². The van der Waals surface area contributed by atoms with Gasteiger partial charge in [0.15, 0.2) is 0 Å². The number of carbonyl (C=O) groups excluding carboxylic acids is 2. The molecule has 3 amide bonds. The Bertz CT molecular complexity index is 805. The van der Waals surface area contributed by atoms with Crippen molar-refractivity contribution in [3.8, 4) is 0 Å². The van der Waals surface area contributed by atoms with Gasteiger partial charge in [0.05, 0.1) is 0 Å². The lowest BCUT2D eigenvalue weighted by Crippen LogP contribution is -2.57. The molecule has 0 radical (unpaired) electrons. The fourth-order valence-corrected chi connectivity index (χ4v) is 3.82. The summed E-state index contributed by atoms with van der Waals surface area (Å²) >= 11 is 1.35. The van der Waals surface area contributed by atoms with Gasteiger partial charge in [0.1, 0.15) is 11.0 Å². The van der Waals surface area contributed by atoms with E-state index in [1.807, 2.05) is 18.2 Å². The zero-order valence-corrected chi connectivity index (χ0v) is 16.2. The maximum absolute atomic E-state index is 12.5. The zero-order chi connectivity index (χ0) is 18.9. The van der Waals surface area contributed by atoms with Crippen LogP contribution < -0.4 is 5.32 Å². The molecule has 1 saturated heterocycles. The summed E-state index contributed by atoms with van der Waals surface area (Å²) in [5, 5.41) is 12.4. The molecule has 1 atom stereocenters. The number of carbonyl (C=O) groups is 2. The Morgan fingerprint density at radius 1 is 1.23 bits per heavy atom. The molecule has 0 bridgehead atoms.